The third-order valence-corrected chi connectivity index (χ3v) is 4.33. The molecule has 2 rings (SSSR count). The van der Waals surface area contributed by atoms with E-state index in [0.717, 1.165) is 16.8 Å². The molecule has 22 heavy (non-hydrogen) atoms. The van der Waals surface area contributed by atoms with Crippen molar-refractivity contribution in [2.75, 3.05) is 0 Å². The third-order valence-electron chi connectivity index (χ3n) is 3.59. The number of nitrogens with zero attached hydrogens (tertiary/aromatic N) is 1. The predicted molar refractivity (Wildman–Crippen MR) is 92.7 cm³/mol. The van der Waals surface area contributed by atoms with Gasteiger partial charge in [-0.05, 0) is 37.1 Å². The molecule has 2 unspecified atom stereocenters. The molecule has 2 nitrogen and oxygen atoms in total. The van der Waals surface area contributed by atoms with Gasteiger partial charge in [-0.25, -0.2) is 0 Å². The summed E-state index contributed by atoms with van der Waals surface area (Å²) in [5.74, 6) is -0.234. The third kappa shape index (κ3) is 4.02. The van der Waals surface area contributed by atoms with E-state index < -0.39 is 6.10 Å². The molecule has 116 valence electrons. The zero-order valence-corrected chi connectivity index (χ0v) is 14.3. The van der Waals surface area contributed by atoms with Crippen LogP contribution in [0.3, 0.4) is 0 Å². The Kier molecular flexibility index (Phi) is 6.27. The first kappa shape index (κ1) is 17.3. The summed E-state index contributed by atoms with van der Waals surface area (Å²) in [6.45, 7) is 1.87. The monoisotopic (exact) mass is 355 g/mol. The van der Waals surface area contributed by atoms with E-state index in [9.17, 15) is 5.11 Å². The van der Waals surface area contributed by atoms with E-state index in [4.69, 9.17) is 34.8 Å². The molecule has 1 N–H and O–H groups in total. The van der Waals surface area contributed by atoms with Crippen LogP contribution < -0.4 is 0 Å². The Morgan fingerprint density at radius 3 is 2.64 bits per heavy atom. The first-order chi connectivity index (χ1) is 10.5. The summed E-state index contributed by atoms with van der Waals surface area (Å²) in [7, 11) is 0. The summed E-state index contributed by atoms with van der Waals surface area (Å²) >= 11 is 17.9. The Morgan fingerprint density at radius 1 is 1.23 bits per heavy atom. The molecule has 0 saturated heterocycles. The normalized spacial score (nSPS) is 14.2. The Hall–Kier alpha value is -1.06. The number of rotatable bonds is 5. The lowest BCUT2D eigenvalue weighted by Gasteiger charge is -2.24. The van der Waals surface area contributed by atoms with Gasteiger partial charge in [-0.2, -0.15) is 0 Å². The molecule has 1 aromatic heterocycles. The number of benzene rings is 1. The minimum Gasteiger partial charge on any atom is -0.388 e. The second-order valence-electron chi connectivity index (χ2n) is 4.99. The molecule has 2 aromatic rings. The van der Waals surface area contributed by atoms with Gasteiger partial charge in [0, 0.05) is 39.0 Å². The van der Waals surface area contributed by atoms with E-state index in [-0.39, 0.29) is 5.92 Å². The van der Waals surface area contributed by atoms with Crippen molar-refractivity contribution in [2.45, 2.75) is 25.4 Å². The van der Waals surface area contributed by atoms with Crippen LogP contribution in [0, 0.1) is 6.92 Å². The topological polar surface area (TPSA) is 33.1 Å². The minimum absolute atomic E-state index is 0.234. The van der Waals surface area contributed by atoms with Crippen molar-refractivity contribution in [3.8, 4) is 0 Å². The van der Waals surface area contributed by atoms with Crippen LogP contribution in [0.15, 0.2) is 48.1 Å². The summed E-state index contributed by atoms with van der Waals surface area (Å²) < 4.78 is 0. The number of pyridine rings is 1. The molecule has 0 saturated carbocycles. The van der Waals surface area contributed by atoms with Crippen LogP contribution in [-0.4, -0.2) is 10.1 Å². The largest absolute Gasteiger partial charge is 0.388 e. The van der Waals surface area contributed by atoms with Gasteiger partial charge in [0.15, 0.2) is 0 Å². The molecule has 0 aliphatic heterocycles. The Labute approximate surface area is 145 Å². The fourth-order valence-corrected chi connectivity index (χ4v) is 3.10. The van der Waals surface area contributed by atoms with E-state index in [1.54, 1.807) is 24.4 Å². The van der Waals surface area contributed by atoms with Crippen molar-refractivity contribution in [2.24, 2.45) is 0 Å². The van der Waals surface area contributed by atoms with E-state index in [1.165, 1.54) is 5.54 Å². The number of hydrogen-bond donors (Lipinski definition) is 1. The van der Waals surface area contributed by atoms with Gasteiger partial charge in [0.1, 0.15) is 0 Å². The molecule has 0 amide bonds. The fourth-order valence-electron chi connectivity index (χ4n) is 2.45. The van der Waals surface area contributed by atoms with Crippen LogP contribution in [-0.2, 0) is 0 Å². The number of aryl methyl sites for hydroxylation is 1. The van der Waals surface area contributed by atoms with Crippen molar-refractivity contribution in [1.82, 2.24) is 4.98 Å². The van der Waals surface area contributed by atoms with Gasteiger partial charge < -0.3 is 5.11 Å². The maximum atomic E-state index is 10.8. The molecule has 1 heterocycles. The molecule has 1 aromatic carbocycles. The van der Waals surface area contributed by atoms with E-state index in [1.807, 2.05) is 25.1 Å². The molecule has 5 heteroatoms. The van der Waals surface area contributed by atoms with Gasteiger partial charge in [0.2, 0.25) is 0 Å². The molecule has 0 aliphatic carbocycles. The van der Waals surface area contributed by atoms with Crippen molar-refractivity contribution < 1.29 is 5.11 Å². The molecule has 0 aliphatic rings. The summed E-state index contributed by atoms with van der Waals surface area (Å²) in [5, 5.41) is 11.9. The summed E-state index contributed by atoms with van der Waals surface area (Å²) in [5.41, 5.74) is 3.85. The highest BCUT2D eigenvalue weighted by molar-refractivity contribution is 6.35. The number of hydrogen-bond acceptors (Lipinski definition) is 2. The van der Waals surface area contributed by atoms with Crippen LogP contribution in [0.4, 0.5) is 0 Å². The molecular weight excluding hydrogens is 341 g/mol. The Morgan fingerprint density at radius 2 is 2.00 bits per heavy atom. The lowest BCUT2D eigenvalue weighted by atomic mass is 9.86. The highest BCUT2D eigenvalue weighted by Gasteiger charge is 2.25. The molecule has 0 radical (unpaired) electrons. The average molecular weight is 357 g/mol. The number of aliphatic hydroxyl groups is 1. The average Bonchev–Trinajstić information content (AvgIpc) is 2.49. The summed E-state index contributed by atoms with van der Waals surface area (Å²) in [6, 6.07) is 8.96. The molecule has 0 spiro atoms. The van der Waals surface area contributed by atoms with Gasteiger partial charge >= 0.3 is 0 Å². The number of allylic oxidation sites excluding steroid dienone is 1. The zero-order chi connectivity index (χ0) is 16.1. The van der Waals surface area contributed by atoms with Gasteiger partial charge in [0.25, 0.3) is 0 Å². The quantitative estimate of drug-likeness (QED) is 0.750. The smallest absolute Gasteiger partial charge is 0.0879 e. The lowest BCUT2D eigenvalue weighted by Crippen LogP contribution is -2.13. The zero-order valence-electron chi connectivity index (χ0n) is 12.0. The van der Waals surface area contributed by atoms with E-state index >= 15 is 0 Å². The van der Waals surface area contributed by atoms with Gasteiger partial charge in [0.05, 0.1) is 6.10 Å². The van der Waals surface area contributed by atoms with Crippen molar-refractivity contribution in [1.29, 1.82) is 0 Å². The second-order valence-corrected chi connectivity index (χ2v) is 6.09. The maximum Gasteiger partial charge on any atom is 0.0879 e. The predicted octanol–water partition coefficient (Wildman–Crippen LogP) is 5.66. The minimum atomic E-state index is -0.736. The van der Waals surface area contributed by atoms with Crippen LogP contribution in [0.2, 0.25) is 10.0 Å². The Balaban J connectivity index is 2.43. The highest BCUT2D eigenvalue weighted by Crippen LogP contribution is 2.39. The van der Waals surface area contributed by atoms with Crippen LogP contribution in [0.1, 0.15) is 35.3 Å². The van der Waals surface area contributed by atoms with Gasteiger partial charge in [-0.3, -0.25) is 4.98 Å². The fraction of sp³-hybridized carbons (Fsp3) is 0.235. The second kappa shape index (κ2) is 7.98. The summed E-state index contributed by atoms with van der Waals surface area (Å²) in [6.07, 6.45) is 3.32. The number of aliphatic hydroxyl groups excluding tert-OH is 1. The van der Waals surface area contributed by atoms with Crippen LogP contribution >= 0.6 is 34.8 Å². The molecule has 0 fully saturated rings. The van der Waals surface area contributed by atoms with Gasteiger partial charge in [-0.1, -0.05) is 53.0 Å². The van der Waals surface area contributed by atoms with E-state index in [0.29, 0.717) is 16.5 Å². The first-order valence-electron chi connectivity index (χ1n) is 6.84. The molecular formula is C17H16Cl3NO. The van der Waals surface area contributed by atoms with Crippen molar-refractivity contribution in [3.63, 3.8) is 0 Å². The standard InChI is InChI=1S/C17H16Cl3NO/c1-11-13(5-3-9-21-11)17(22)15(4-2-8-18)14-7-6-12(19)10-16(14)20/h2-3,5-10,15,17,22H,4H2,1H3/b8-2-. The van der Waals surface area contributed by atoms with E-state index in [2.05, 4.69) is 4.98 Å². The SMILES string of the molecule is Cc1ncccc1C(O)C(C/C=C\Cl)c1ccc(Cl)cc1Cl. The van der Waals surface area contributed by atoms with Crippen LogP contribution in [0.5, 0.6) is 0 Å². The lowest BCUT2D eigenvalue weighted by molar-refractivity contribution is 0.144. The Bertz CT molecular complexity index is 673. The number of halogens is 3. The number of aromatic nitrogens is 1. The molecule has 2 atom stereocenters. The van der Waals surface area contributed by atoms with Gasteiger partial charge in [-0.15, -0.1) is 0 Å². The maximum absolute atomic E-state index is 10.8. The molecule has 0 bridgehead atoms. The van der Waals surface area contributed by atoms with Crippen LogP contribution in [0.25, 0.3) is 0 Å². The van der Waals surface area contributed by atoms with Crippen molar-refractivity contribution >= 4 is 34.8 Å². The summed E-state index contributed by atoms with van der Waals surface area (Å²) in [4.78, 5) is 4.23. The first-order valence-corrected chi connectivity index (χ1v) is 8.03. The highest BCUT2D eigenvalue weighted by atomic mass is 35.5. The van der Waals surface area contributed by atoms with Crippen molar-refractivity contribution in [3.05, 3.63) is 75.0 Å².